The largest absolute Gasteiger partial charge is 0.491 e. The minimum absolute atomic E-state index is 0.0520. The molecule has 0 aliphatic rings. The van der Waals surface area contributed by atoms with Crippen molar-refractivity contribution in [2.24, 2.45) is 0 Å². The molecule has 0 atom stereocenters. The van der Waals surface area contributed by atoms with Gasteiger partial charge >= 0.3 is 0 Å². The van der Waals surface area contributed by atoms with Crippen molar-refractivity contribution in [3.63, 3.8) is 0 Å². The van der Waals surface area contributed by atoms with Crippen LogP contribution in [-0.2, 0) is 16.6 Å². The molecule has 2 rings (SSSR count). The number of sulfonamides is 1. The second-order valence-electron chi connectivity index (χ2n) is 5.55. The highest BCUT2D eigenvalue weighted by Crippen LogP contribution is 2.16. The van der Waals surface area contributed by atoms with Crippen LogP contribution in [0.15, 0.2) is 47.4 Å². The first-order chi connectivity index (χ1) is 10.8. The molecular formula is C17H20FNO3S. The number of rotatable bonds is 6. The first kappa shape index (κ1) is 17.4. The summed E-state index contributed by atoms with van der Waals surface area (Å²) in [5, 5.41) is 0. The molecule has 0 aliphatic heterocycles. The number of halogens is 1. The molecule has 0 amide bonds. The highest BCUT2D eigenvalue weighted by Gasteiger charge is 2.15. The molecule has 0 unspecified atom stereocenters. The lowest BCUT2D eigenvalue weighted by atomic mass is 10.2. The molecule has 0 bridgehead atoms. The molecule has 0 heterocycles. The van der Waals surface area contributed by atoms with E-state index in [9.17, 15) is 12.8 Å². The summed E-state index contributed by atoms with van der Waals surface area (Å²) >= 11 is 0. The third-order valence-corrected chi connectivity index (χ3v) is 4.60. The van der Waals surface area contributed by atoms with E-state index >= 15 is 0 Å². The molecule has 1 N–H and O–H groups in total. The summed E-state index contributed by atoms with van der Waals surface area (Å²) in [4.78, 5) is 0.0520. The second-order valence-corrected chi connectivity index (χ2v) is 7.31. The Balaban J connectivity index is 2.05. The zero-order chi connectivity index (χ0) is 17.0. The molecule has 0 fully saturated rings. The Bertz CT molecular complexity index is 771. The number of benzene rings is 2. The Morgan fingerprint density at radius 3 is 2.35 bits per heavy atom. The fourth-order valence-electron chi connectivity index (χ4n) is 2.00. The molecule has 0 radical (unpaired) electrons. The van der Waals surface area contributed by atoms with E-state index < -0.39 is 15.8 Å². The summed E-state index contributed by atoms with van der Waals surface area (Å²) in [7, 11) is -3.67. The molecule has 2 aromatic rings. The van der Waals surface area contributed by atoms with Crippen LogP contribution in [0.5, 0.6) is 5.75 Å². The normalized spacial score (nSPS) is 11.7. The Morgan fingerprint density at radius 1 is 1.13 bits per heavy atom. The maximum absolute atomic E-state index is 13.2. The van der Waals surface area contributed by atoms with Gasteiger partial charge in [-0.25, -0.2) is 17.5 Å². The predicted octanol–water partition coefficient (Wildman–Crippen LogP) is 3.40. The third kappa shape index (κ3) is 4.77. The molecule has 6 heteroatoms. The summed E-state index contributed by atoms with van der Waals surface area (Å²) in [5.74, 6) is 0.311. The van der Waals surface area contributed by atoms with E-state index in [1.165, 1.54) is 19.1 Å². The minimum atomic E-state index is -3.67. The monoisotopic (exact) mass is 337 g/mol. The highest BCUT2D eigenvalue weighted by molar-refractivity contribution is 7.89. The van der Waals surface area contributed by atoms with E-state index in [4.69, 9.17) is 4.74 Å². The molecule has 0 aliphatic carbocycles. The van der Waals surface area contributed by atoms with Crippen molar-refractivity contribution < 1.29 is 17.5 Å². The molecular weight excluding hydrogens is 317 g/mol. The Kier molecular flexibility index (Phi) is 5.38. The third-order valence-electron chi connectivity index (χ3n) is 3.20. The van der Waals surface area contributed by atoms with Crippen LogP contribution in [0.2, 0.25) is 0 Å². The summed E-state index contributed by atoms with van der Waals surface area (Å²) in [6.45, 7) is 5.56. The smallest absolute Gasteiger partial charge is 0.240 e. The van der Waals surface area contributed by atoms with Gasteiger partial charge < -0.3 is 4.74 Å². The van der Waals surface area contributed by atoms with Crippen LogP contribution in [0.1, 0.15) is 25.0 Å². The van der Waals surface area contributed by atoms with Gasteiger partial charge in [-0.1, -0.05) is 12.1 Å². The highest BCUT2D eigenvalue weighted by atomic mass is 32.2. The van der Waals surface area contributed by atoms with Crippen LogP contribution in [0.4, 0.5) is 4.39 Å². The molecule has 124 valence electrons. The fraction of sp³-hybridized carbons (Fsp3) is 0.294. The lowest BCUT2D eigenvalue weighted by Gasteiger charge is -2.11. The second kappa shape index (κ2) is 7.10. The molecule has 0 aromatic heterocycles. The zero-order valence-electron chi connectivity index (χ0n) is 13.3. The molecule has 0 saturated carbocycles. The van der Waals surface area contributed by atoms with Crippen molar-refractivity contribution in [3.8, 4) is 5.75 Å². The van der Waals surface area contributed by atoms with E-state index in [0.29, 0.717) is 5.56 Å². The van der Waals surface area contributed by atoms with Crippen molar-refractivity contribution in [1.29, 1.82) is 0 Å². The van der Waals surface area contributed by atoms with Crippen LogP contribution in [0.25, 0.3) is 0 Å². The van der Waals surface area contributed by atoms with Gasteiger partial charge in [-0.05, 0) is 62.2 Å². The van der Waals surface area contributed by atoms with Gasteiger partial charge in [0.15, 0.2) is 0 Å². The molecule has 2 aromatic carbocycles. The molecule has 0 saturated heterocycles. The van der Waals surface area contributed by atoms with E-state index in [1.807, 2.05) is 13.8 Å². The van der Waals surface area contributed by atoms with Crippen LogP contribution in [0.3, 0.4) is 0 Å². The van der Waals surface area contributed by atoms with Crippen LogP contribution in [0, 0.1) is 12.7 Å². The number of ether oxygens (including phenoxy) is 1. The van der Waals surface area contributed by atoms with E-state index in [-0.39, 0.29) is 17.5 Å². The van der Waals surface area contributed by atoms with Gasteiger partial charge in [-0.3, -0.25) is 0 Å². The quantitative estimate of drug-likeness (QED) is 0.879. The Morgan fingerprint density at radius 2 is 1.78 bits per heavy atom. The summed E-state index contributed by atoms with van der Waals surface area (Å²) < 4.78 is 45.7. The summed E-state index contributed by atoms with van der Waals surface area (Å²) in [6.07, 6.45) is 0.0843. The summed E-state index contributed by atoms with van der Waals surface area (Å²) in [5.41, 5.74) is 1.10. The predicted molar refractivity (Wildman–Crippen MR) is 87.4 cm³/mol. The van der Waals surface area contributed by atoms with Gasteiger partial charge in [0.2, 0.25) is 10.0 Å². The zero-order valence-corrected chi connectivity index (χ0v) is 14.2. The van der Waals surface area contributed by atoms with Gasteiger partial charge in [-0.2, -0.15) is 0 Å². The number of hydrogen-bond donors (Lipinski definition) is 1. The van der Waals surface area contributed by atoms with Gasteiger partial charge in [-0.15, -0.1) is 0 Å². The maximum Gasteiger partial charge on any atom is 0.240 e. The van der Waals surface area contributed by atoms with Crippen LogP contribution < -0.4 is 9.46 Å². The van der Waals surface area contributed by atoms with Crippen molar-refractivity contribution in [3.05, 3.63) is 59.4 Å². The Hall–Kier alpha value is -1.92. The number of nitrogens with one attached hydrogen (secondary N) is 1. The first-order valence-electron chi connectivity index (χ1n) is 7.29. The standard InChI is InChI=1S/C17H20FNO3S/c1-12(2)22-15-6-4-14(5-7-15)11-19-23(20,21)16-8-9-17(18)13(3)10-16/h4-10,12,19H,11H2,1-3H3. The first-order valence-corrected chi connectivity index (χ1v) is 8.77. The lowest BCUT2D eigenvalue weighted by molar-refractivity contribution is 0.242. The molecule has 4 nitrogen and oxygen atoms in total. The van der Waals surface area contributed by atoms with Crippen molar-refractivity contribution in [2.75, 3.05) is 0 Å². The van der Waals surface area contributed by atoms with Crippen molar-refractivity contribution >= 4 is 10.0 Å². The average molecular weight is 337 g/mol. The SMILES string of the molecule is Cc1cc(S(=O)(=O)NCc2ccc(OC(C)C)cc2)ccc1F. The van der Waals surface area contributed by atoms with Crippen LogP contribution in [-0.4, -0.2) is 14.5 Å². The van der Waals surface area contributed by atoms with Gasteiger partial charge in [0.05, 0.1) is 11.0 Å². The van der Waals surface area contributed by atoms with Crippen molar-refractivity contribution in [2.45, 2.75) is 38.3 Å². The average Bonchev–Trinajstić information content (AvgIpc) is 2.49. The number of hydrogen-bond acceptors (Lipinski definition) is 3. The Labute approximate surface area is 136 Å². The van der Waals surface area contributed by atoms with E-state index in [0.717, 1.165) is 17.4 Å². The maximum atomic E-state index is 13.2. The molecule has 23 heavy (non-hydrogen) atoms. The summed E-state index contributed by atoms with van der Waals surface area (Å²) in [6, 6.07) is 10.9. The van der Waals surface area contributed by atoms with Gasteiger partial charge in [0.25, 0.3) is 0 Å². The van der Waals surface area contributed by atoms with Gasteiger partial charge in [0, 0.05) is 6.54 Å². The molecule has 0 spiro atoms. The van der Waals surface area contributed by atoms with E-state index in [2.05, 4.69) is 4.72 Å². The fourth-order valence-corrected chi connectivity index (χ4v) is 3.11. The van der Waals surface area contributed by atoms with E-state index in [1.54, 1.807) is 24.3 Å². The minimum Gasteiger partial charge on any atom is -0.491 e. The van der Waals surface area contributed by atoms with Crippen LogP contribution >= 0.6 is 0 Å². The number of aryl methyl sites for hydroxylation is 1. The topological polar surface area (TPSA) is 55.4 Å². The van der Waals surface area contributed by atoms with Gasteiger partial charge in [0.1, 0.15) is 11.6 Å². The van der Waals surface area contributed by atoms with Crippen molar-refractivity contribution in [1.82, 2.24) is 4.72 Å². The lowest BCUT2D eigenvalue weighted by Crippen LogP contribution is -2.23.